The topological polar surface area (TPSA) is 69.6 Å². The summed E-state index contributed by atoms with van der Waals surface area (Å²) in [5.41, 5.74) is 0. The van der Waals surface area contributed by atoms with Gasteiger partial charge < -0.3 is 10.0 Å². The van der Waals surface area contributed by atoms with Gasteiger partial charge in [0.1, 0.15) is 5.01 Å². The van der Waals surface area contributed by atoms with Crippen molar-refractivity contribution in [3.05, 3.63) is 17.7 Å². The number of halogens is 1. The number of urea groups is 1. The average Bonchev–Trinajstić information content (AvgIpc) is 2.93. The number of aryl methyl sites for hydroxylation is 1. The van der Waals surface area contributed by atoms with Gasteiger partial charge in [0.2, 0.25) is 5.13 Å². The minimum Gasteiger partial charge on any atom is -0.371 e. The molecule has 0 spiro atoms. The smallest absolute Gasteiger partial charge is 0.329 e. The Labute approximate surface area is 126 Å². The fourth-order valence-corrected chi connectivity index (χ4v) is 2.92. The van der Waals surface area contributed by atoms with Crippen molar-refractivity contribution in [2.45, 2.75) is 31.4 Å². The van der Waals surface area contributed by atoms with Gasteiger partial charge in [-0.15, -0.1) is 28.4 Å². The van der Waals surface area contributed by atoms with Gasteiger partial charge in [-0.25, -0.2) is 9.69 Å². The number of aliphatic hydroxyl groups excluding tert-OH is 1. The maximum Gasteiger partial charge on any atom is 0.329 e. The molecular weight excluding hydrogens is 300 g/mol. The Morgan fingerprint density at radius 3 is 3.05 bits per heavy atom. The molecule has 0 radical (unpaired) electrons. The van der Waals surface area contributed by atoms with Gasteiger partial charge in [0.05, 0.1) is 6.54 Å². The summed E-state index contributed by atoms with van der Waals surface area (Å²) in [5, 5.41) is 19.3. The van der Waals surface area contributed by atoms with Crippen molar-refractivity contribution in [1.29, 1.82) is 0 Å². The molecule has 6 nitrogen and oxygen atoms in total. The van der Waals surface area contributed by atoms with E-state index in [0.29, 0.717) is 11.7 Å². The van der Waals surface area contributed by atoms with Gasteiger partial charge in [-0.3, -0.25) is 0 Å². The normalized spacial score (nSPS) is 20.6. The number of carbonyl (C=O) groups is 1. The second kappa shape index (κ2) is 6.51. The first-order valence-electron chi connectivity index (χ1n) is 6.36. The lowest BCUT2D eigenvalue weighted by Gasteiger charge is -2.15. The number of hydrogen-bond donors (Lipinski definition) is 1. The predicted octanol–water partition coefficient (Wildman–Crippen LogP) is 1.84. The SMILES string of the molecule is C=CCN1CC(O)N(c2nnc(CCC(C)Cl)s2)C1=O. The molecule has 1 fully saturated rings. The maximum absolute atomic E-state index is 12.1. The molecular formula is C12H17ClN4O2S. The fourth-order valence-electron chi connectivity index (χ4n) is 1.92. The van der Waals surface area contributed by atoms with Crippen LogP contribution in [0.1, 0.15) is 18.4 Å². The summed E-state index contributed by atoms with van der Waals surface area (Å²) in [6.45, 7) is 6.17. The molecule has 1 aromatic heterocycles. The third kappa shape index (κ3) is 3.28. The van der Waals surface area contributed by atoms with Crippen molar-refractivity contribution in [2.24, 2.45) is 0 Å². The number of alkyl halides is 1. The number of nitrogens with zero attached hydrogens (tertiary/aromatic N) is 4. The molecule has 1 aliphatic rings. The Hall–Kier alpha value is -1.18. The highest BCUT2D eigenvalue weighted by Gasteiger charge is 2.38. The molecule has 110 valence electrons. The van der Waals surface area contributed by atoms with Gasteiger partial charge >= 0.3 is 6.03 Å². The Bertz CT molecular complexity index is 494. The van der Waals surface area contributed by atoms with Crippen LogP contribution in [0.4, 0.5) is 9.93 Å². The monoisotopic (exact) mass is 316 g/mol. The number of aromatic nitrogens is 2. The van der Waals surface area contributed by atoms with E-state index in [1.807, 2.05) is 6.92 Å². The van der Waals surface area contributed by atoms with Crippen LogP contribution in [0.2, 0.25) is 0 Å². The third-order valence-electron chi connectivity index (χ3n) is 2.93. The van der Waals surface area contributed by atoms with Crippen LogP contribution in [0.15, 0.2) is 12.7 Å². The summed E-state index contributed by atoms with van der Waals surface area (Å²) in [5.74, 6) is 0. The molecule has 2 amide bonds. The van der Waals surface area contributed by atoms with Crippen LogP contribution in [-0.4, -0.2) is 50.9 Å². The number of anilines is 1. The van der Waals surface area contributed by atoms with Gasteiger partial charge in [0.25, 0.3) is 0 Å². The molecule has 2 rings (SSSR count). The van der Waals surface area contributed by atoms with Gasteiger partial charge in [-0.1, -0.05) is 17.4 Å². The lowest BCUT2D eigenvalue weighted by Crippen LogP contribution is -2.34. The molecule has 0 bridgehead atoms. The second-order valence-corrected chi connectivity index (χ2v) is 6.41. The highest BCUT2D eigenvalue weighted by Crippen LogP contribution is 2.27. The van der Waals surface area contributed by atoms with Crippen molar-refractivity contribution in [3.63, 3.8) is 0 Å². The first-order chi connectivity index (χ1) is 9.52. The second-order valence-electron chi connectivity index (χ2n) is 4.62. The predicted molar refractivity (Wildman–Crippen MR) is 79.2 cm³/mol. The number of carbonyl (C=O) groups excluding carboxylic acids is 1. The van der Waals surface area contributed by atoms with Crippen LogP contribution in [-0.2, 0) is 6.42 Å². The van der Waals surface area contributed by atoms with Gasteiger partial charge in [0, 0.05) is 18.3 Å². The number of hydrogen-bond acceptors (Lipinski definition) is 5. The van der Waals surface area contributed by atoms with Crippen LogP contribution in [0.5, 0.6) is 0 Å². The van der Waals surface area contributed by atoms with Crippen molar-refractivity contribution in [3.8, 4) is 0 Å². The van der Waals surface area contributed by atoms with Gasteiger partial charge in [-0.2, -0.15) is 0 Å². The maximum atomic E-state index is 12.1. The average molecular weight is 317 g/mol. The largest absolute Gasteiger partial charge is 0.371 e. The Kier molecular flexibility index (Phi) is 4.95. The molecule has 20 heavy (non-hydrogen) atoms. The lowest BCUT2D eigenvalue weighted by atomic mass is 10.2. The highest BCUT2D eigenvalue weighted by molar-refractivity contribution is 7.15. The van der Waals surface area contributed by atoms with Crippen LogP contribution in [0.25, 0.3) is 0 Å². The molecule has 1 aliphatic heterocycles. The number of amides is 2. The van der Waals surface area contributed by atoms with Crippen LogP contribution < -0.4 is 4.90 Å². The first kappa shape index (κ1) is 15.2. The van der Waals surface area contributed by atoms with E-state index >= 15 is 0 Å². The zero-order valence-corrected chi connectivity index (χ0v) is 12.8. The van der Waals surface area contributed by atoms with E-state index in [-0.39, 0.29) is 18.0 Å². The zero-order chi connectivity index (χ0) is 14.7. The minimum absolute atomic E-state index is 0.0736. The minimum atomic E-state index is -0.893. The van der Waals surface area contributed by atoms with E-state index in [1.54, 1.807) is 6.08 Å². The van der Waals surface area contributed by atoms with E-state index in [9.17, 15) is 9.90 Å². The zero-order valence-electron chi connectivity index (χ0n) is 11.2. The standard InChI is InChI=1S/C12H17ClN4O2S/c1-3-6-16-7-10(18)17(12(16)19)11-15-14-9(20-11)5-4-8(2)13/h3,8,10,18H,1,4-7H2,2H3. The summed E-state index contributed by atoms with van der Waals surface area (Å²) < 4.78 is 0. The number of aliphatic hydroxyl groups is 1. The van der Waals surface area contributed by atoms with E-state index in [1.165, 1.54) is 21.1 Å². The fraction of sp³-hybridized carbons (Fsp3) is 0.583. The van der Waals surface area contributed by atoms with Crippen molar-refractivity contribution < 1.29 is 9.90 Å². The first-order valence-corrected chi connectivity index (χ1v) is 7.61. The third-order valence-corrected chi connectivity index (χ3v) is 4.13. The molecule has 0 aliphatic carbocycles. The van der Waals surface area contributed by atoms with Gasteiger partial charge in [-0.05, 0) is 13.3 Å². The molecule has 1 N–H and O–H groups in total. The van der Waals surface area contributed by atoms with E-state index < -0.39 is 6.23 Å². The van der Waals surface area contributed by atoms with Crippen molar-refractivity contribution in [1.82, 2.24) is 15.1 Å². The van der Waals surface area contributed by atoms with Crippen LogP contribution in [0, 0.1) is 0 Å². The summed E-state index contributed by atoms with van der Waals surface area (Å²) in [6, 6.07) is -0.272. The summed E-state index contributed by atoms with van der Waals surface area (Å²) in [4.78, 5) is 14.9. The molecule has 2 atom stereocenters. The van der Waals surface area contributed by atoms with Crippen LogP contribution in [0.3, 0.4) is 0 Å². The molecule has 0 aromatic carbocycles. The molecule has 8 heteroatoms. The van der Waals surface area contributed by atoms with E-state index in [2.05, 4.69) is 16.8 Å². The van der Waals surface area contributed by atoms with Crippen LogP contribution >= 0.6 is 22.9 Å². The Balaban J connectivity index is 2.07. The Morgan fingerprint density at radius 1 is 1.65 bits per heavy atom. The van der Waals surface area contributed by atoms with Gasteiger partial charge in [0.15, 0.2) is 6.23 Å². The summed E-state index contributed by atoms with van der Waals surface area (Å²) in [7, 11) is 0. The van der Waals surface area contributed by atoms with E-state index in [4.69, 9.17) is 11.6 Å². The van der Waals surface area contributed by atoms with Crippen molar-refractivity contribution in [2.75, 3.05) is 18.0 Å². The summed E-state index contributed by atoms with van der Waals surface area (Å²) in [6.07, 6.45) is 2.25. The number of β-amino-alcohol motifs (C(OH)–C–C–N with tert-alkyl or cyclic N) is 1. The van der Waals surface area contributed by atoms with Crippen molar-refractivity contribution >= 4 is 34.1 Å². The molecule has 0 saturated carbocycles. The molecule has 2 heterocycles. The molecule has 1 aromatic rings. The summed E-state index contributed by atoms with van der Waals surface area (Å²) >= 11 is 7.21. The highest BCUT2D eigenvalue weighted by atomic mass is 35.5. The lowest BCUT2D eigenvalue weighted by molar-refractivity contribution is 0.180. The number of rotatable bonds is 6. The quantitative estimate of drug-likeness (QED) is 0.642. The Morgan fingerprint density at radius 2 is 2.40 bits per heavy atom. The molecule has 2 unspecified atom stereocenters. The molecule has 1 saturated heterocycles. The van der Waals surface area contributed by atoms with E-state index in [0.717, 1.165) is 17.8 Å².